The van der Waals surface area contributed by atoms with Crippen LogP contribution in [-0.2, 0) is 0 Å². The Morgan fingerprint density at radius 3 is 2.54 bits per heavy atom. The van der Waals surface area contributed by atoms with Crippen LogP contribution in [0.15, 0.2) is 53.3 Å². The highest BCUT2D eigenvalue weighted by Gasteiger charge is 2.17. The molecular formula is C18H16N2O4. The lowest BCUT2D eigenvalue weighted by atomic mass is 10.2. The first kappa shape index (κ1) is 15.7. The van der Waals surface area contributed by atoms with E-state index < -0.39 is 17.2 Å². The number of ether oxygens (including phenoxy) is 1. The van der Waals surface area contributed by atoms with Crippen LogP contribution in [0.3, 0.4) is 0 Å². The molecule has 24 heavy (non-hydrogen) atoms. The average molecular weight is 324 g/mol. The molecule has 1 heterocycles. The number of hydrogen-bond donors (Lipinski definition) is 1. The summed E-state index contributed by atoms with van der Waals surface area (Å²) in [6.45, 7) is 2.63. The van der Waals surface area contributed by atoms with Gasteiger partial charge < -0.3 is 9.84 Å². The van der Waals surface area contributed by atoms with Crippen molar-refractivity contribution in [1.29, 1.82) is 0 Å². The molecule has 1 aromatic heterocycles. The quantitative estimate of drug-likeness (QED) is 0.780. The van der Waals surface area contributed by atoms with Gasteiger partial charge >= 0.3 is 5.97 Å². The molecule has 3 rings (SSSR count). The number of rotatable bonds is 5. The minimum absolute atomic E-state index is 0.445. The van der Waals surface area contributed by atoms with Crippen molar-refractivity contribution in [3.8, 4) is 11.4 Å². The predicted octanol–water partition coefficient (Wildman–Crippen LogP) is 2.87. The lowest BCUT2D eigenvalue weighted by Gasteiger charge is -2.12. The summed E-state index contributed by atoms with van der Waals surface area (Å²) in [5.74, 6) is -0.645. The van der Waals surface area contributed by atoms with Crippen LogP contribution in [0.2, 0.25) is 0 Å². The zero-order valence-corrected chi connectivity index (χ0v) is 13.1. The van der Waals surface area contributed by atoms with E-state index in [1.54, 1.807) is 48.5 Å². The van der Waals surface area contributed by atoms with Crippen molar-refractivity contribution < 1.29 is 14.6 Å². The number of carbonyl (C=O) groups is 1. The molecule has 1 N–H and O–H groups in total. The molecular weight excluding hydrogens is 308 g/mol. The van der Waals surface area contributed by atoms with Gasteiger partial charge in [0, 0.05) is 5.69 Å². The molecule has 122 valence electrons. The van der Waals surface area contributed by atoms with Crippen LogP contribution in [0.1, 0.15) is 23.8 Å². The summed E-state index contributed by atoms with van der Waals surface area (Å²) in [6, 6.07) is 13.9. The maximum absolute atomic E-state index is 12.6. The van der Waals surface area contributed by atoms with Crippen LogP contribution in [0.5, 0.6) is 5.75 Å². The Bertz CT molecular complexity index is 945. The van der Waals surface area contributed by atoms with Gasteiger partial charge in [0.05, 0.1) is 17.6 Å². The van der Waals surface area contributed by atoms with E-state index in [0.29, 0.717) is 29.1 Å². The van der Waals surface area contributed by atoms with Gasteiger partial charge in [-0.25, -0.2) is 9.78 Å². The Balaban J connectivity index is 2.19. The van der Waals surface area contributed by atoms with Gasteiger partial charge in [-0.15, -0.1) is 0 Å². The fraction of sp³-hybridized carbons (Fsp3) is 0.167. The fourth-order valence-electron chi connectivity index (χ4n) is 2.44. The summed E-state index contributed by atoms with van der Waals surface area (Å²) in [5.41, 5.74) is 0.393. The van der Waals surface area contributed by atoms with Crippen LogP contribution < -0.4 is 10.3 Å². The van der Waals surface area contributed by atoms with E-state index >= 15 is 0 Å². The number of benzene rings is 2. The molecule has 0 spiro atoms. The number of fused-ring (bicyclic) bond motifs is 1. The second kappa shape index (κ2) is 6.54. The molecule has 0 aliphatic heterocycles. The highest BCUT2D eigenvalue weighted by Crippen LogP contribution is 2.19. The molecule has 0 atom stereocenters. The highest BCUT2D eigenvalue weighted by atomic mass is 16.5. The predicted molar refractivity (Wildman–Crippen MR) is 90.1 cm³/mol. The summed E-state index contributed by atoms with van der Waals surface area (Å²) >= 11 is 0. The number of hydrogen-bond acceptors (Lipinski definition) is 4. The molecule has 0 bridgehead atoms. The van der Waals surface area contributed by atoms with E-state index in [1.807, 2.05) is 6.92 Å². The van der Waals surface area contributed by atoms with Gasteiger partial charge in [0.2, 0.25) is 5.69 Å². The Morgan fingerprint density at radius 2 is 1.88 bits per heavy atom. The Labute approximate surface area is 138 Å². The van der Waals surface area contributed by atoms with Gasteiger partial charge in [0.25, 0.3) is 5.56 Å². The second-order valence-corrected chi connectivity index (χ2v) is 5.24. The third-order valence-corrected chi connectivity index (χ3v) is 3.53. The summed E-state index contributed by atoms with van der Waals surface area (Å²) in [6.07, 6.45) is 0.901. The van der Waals surface area contributed by atoms with Crippen molar-refractivity contribution in [1.82, 2.24) is 9.55 Å². The molecule has 0 amide bonds. The molecule has 2 aromatic carbocycles. The number of carboxylic acid groups (broad SMARTS) is 1. The molecule has 0 aliphatic rings. The molecule has 0 fully saturated rings. The monoisotopic (exact) mass is 324 g/mol. The van der Waals surface area contributed by atoms with E-state index in [9.17, 15) is 14.7 Å². The molecule has 3 aromatic rings. The lowest BCUT2D eigenvalue weighted by Crippen LogP contribution is -2.27. The Morgan fingerprint density at radius 1 is 1.17 bits per heavy atom. The van der Waals surface area contributed by atoms with Gasteiger partial charge in [-0.1, -0.05) is 19.1 Å². The number of carboxylic acids is 1. The van der Waals surface area contributed by atoms with Gasteiger partial charge in [0.15, 0.2) is 0 Å². The van der Waals surface area contributed by atoms with Crippen LogP contribution in [-0.4, -0.2) is 27.2 Å². The first-order valence-corrected chi connectivity index (χ1v) is 7.60. The van der Waals surface area contributed by atoms with Gasteiger partial charge in [-0.05, 0) is 42.8 Å². The smallest absolute Gasteiger partial charge is 0.360 e. The Hall–Kier alpha value is -3.15. The SMILES string of the molecule is CCCOc1ccc(-n2c(=O)c(C(=O)O)nc3ccccc32)cc1. The third kappa shape index (κ3) is 2.86. The van der Waals surface area contributed by atoms with E-state index in [0.717, 1.165) is 6.42 Å². The van der Waals surface area contributed by atoms with Crippen molar-refractivity contribution in [2.24, 2.45) is 0 Å². The third-order valence-electron chi connectivity index (χ3n) is 3.53. The van der Waals surface area contributed by atoms with Crippen molar-refractivity contribution in [3.05, 3.63) is 64.6 Å². The van der Waals surface area contributed by atoms with Gasteiger partial charge in [0.1, 0.15) is 5.75 Å². The molecule has 0 saturated carbocycles. The summed E-state index contributed by atoms with van der Waals surface area (Å²) < 4.78 is 6.89. The summed E-state index contributed by atoms with van der Waals surface area (Å²) in [7, 11) is 0. The summed E-state index contributed by atoms with van der Waals surface area (Å²) in [4.78, 5) is 27.9. The van der Waals surface area contributed by atoms with Crippen molar-refractivity contribution in [2.75, 3.05) is 6.61 Å². The van der Waals surface area contributed by atoms with Crippen molar-refractivity contribution in [2.45, 2.75) is 13.3 Å². The van der Waals surface area contributed by atoms with Crippen LogP contribution >= 0.6 is 0 Å². The standard InChI is InChI=1S/C18H16N2O4/c1-2-11-24-13-9-7-12(8-10-13)20-15-6-4-3-5-14(15)19-16(17(20)21)18(22)23/h3-10H,2,11H2,1H3,(H,22,23). The molecule has 6 heteroatoms. The average Bonchev–Trinajstić information content (AvgIpc) is 2.60. The normalized spacial score (nSPS) is 10.7. The largest absolute Gasteiger partial charge is 0.494 e. The van der Waals surface area contributed by atoms with Gasteiger partial charge in [-0.2, -0.15) is 0 Å². The lowest BCUT2D eigenvalue weighted by molar-refractivity contribution is 0.0688. The van der Waals surface area contributed by atoms with Gasteiger partial charge in [-0.3, -0.25) is 9.36 Å². The first-order valence-electron chi connectivity index (χ1n) is 7.60. The number of para-hydroxylation sites is 2. The van der Waals surface area contributed by atoms with E-state index in [1.165, 1.54) is 4.57 Å². The molecule has 0 saturated heterocycles. The van der Waals surface area contributed by atoms with Crippen molar-refractivity contribution in [3.63, 3.8) is 0 Å². The molecule has 0 aliphatic carbocycles. The van der Waals surface area contributed by atoms with Crippen LogP contribution in [0, 0.1) is 0 Å². The topological polar surface area (TPSA) is 81.4 Å². The zero-order valence-electron chi connectivity index (χ0n) is 13.1. The summed E-state index contributed by atoms with van der Waals surface area (Å²) in [5, 5.41) is 9.24. The van der Waals surface area contributed by atoms with E-state index in [2.05, 4.69) is 4.98 Å². The molecule has 0 unspecified atom stereocenters. The molecule has 0 radical (unpaired) electrons. The Kier molecular flexibility index (Phi) is 4.29. The highest BCUT2D eigenvalue weighted by molar-refractivity contribution is 5.88. The minimum atomic E-state index is -1.34. The zero-order chi connectivity index (χ0) is 17.1. The number of nitrogens with zero attached hydrogens (tertiary/aromatic N) is 2. The maximum atomic E-state index is 12.6. The van der Waals surface area contributed by atoms with E-state index in [4.69, 9.17) is 4.74 Å². The number of aromatic carboxylic acids is 1. The minimum Gasteiger partial charge on any atom is -0.494 e. The van der Waals surface area contributed by atoms with Crippen LogP contribution in [0.4, 0.5) is 0 Å². The van der Waals surface area contributed by atoms with Crippen molar-refractivity contribution >= 4 is 17.0 Å². The maximum Gasteiger partial charge on any atom is 0.360 e. The van der Waals surface area contributed by atoms with E-state index in [-0.39, 0.29) is 0 Å². The first-order chi connectivity index (χ1) is 11.6. The second-order valence-electron chi connectivity index (χ2n) is 5.24. The number of aromatic nitrogens is 2. The molecule has 6 nitrogen and oxygen atoms in total. The fourth-order valence-corrected chi connectivity index (χ4v) is 2.44. The van der Waals surface area contributed by atoms with Crippen LogP contribution in [0.25, 0.3) is 16.7 Å².